The Kier molecular flexibility index (Phi) is 5.34. The third-order valence-electron chi connectivity index (χ3n) is 4.77. The average Bonchev–Trinajstić information content (AvgIpc) is 3.21. The van der Waals surface area contributed by atoms with E-state index in [1.54, 1.807) is 6.26 Å². The molecule has 1 saturated heterocycles. The number of piperazine rings is 1. The molecule has 0 unspecified atom stereocenters. The van der Waals surface area contributed by atoms with E-state index in [1.807, 2.05) is 25.1 Å². The highest BCUT2D eigenvalue weighted by Gasteiger charge is 2.19. The second kappa shape index (κ2) is 8.22. The number of aryl methyl sites for hydroxylation is 1. The largest absolute Gasteiger partial charge is 0.467 e. The molecule has 1 aromatic carbocycles. The fourth-order valence-corrected chi connectivity index (χ4v) is 3.32. The van der Waals surface area contributed by atoms with Gasteiger partial charge in [-0.1, -0.05) is 30.3 Å². The van der Waals surface area contributed by atoms with Crippen LogP contribution in [0.1, 0.15) is 17.0 Å². The third-order valence-corrected chi connectivity index (χ3v) is 4.77. The maximum atomic E-state index is 5.37. The first-order chi connectivity index (χ1) is 13.3. The second-order valence-electron chi connectivity index (χ2n) is 6.88. The summed E-state index contributed by atoms with van der Waals surface area (Å²) in [6.45, 7) is 7.53. The van der Waals surface area contributed by atoms with Gasteiger partial charge >= 0.3 is 0 Å². The molecule has 0 aliphatic carbocycles. The lowest BCUT2D eigenvalue weighted by Gasteiger charge is -2.35. The Bertz CT molecular complexity index is 842. The number of hydrogen-bond donors (Lipinski definition) is 1. The number of benzene rings is 1. The topological polar surface area (TPSA) is 57.4 Å². The van der Waals surface area contributed by atoms with Gasteiger partial charge in [0.1, 0.15) is 11.6 Å². The van der Waals surface area contributed by atoms with E-state index in [4.69, 9.17) is 9.40 Å². The number of nitrogens with zero attached hydrogens (tertiary/aromatic N) is 4. The van der Waals surface area contributed by atoms with Crippen molar-refractivity contribution in [2.45, 2.75) is 20.0 Å². The van der Waals surface area contributed by atoms with Gasteiger partial charge < -0.3 is 14.6 Å². The summed E-state index contributed by atoms with van der Waals surface area (Å²) in [5.41, 5.74) is 2.33. The Hall–Kier alpha value is -2.86. The van der Waals surface area contributed by atoms with E-state index >= 15 is 0 Å². The molecule has 6 nitrogen and oxygen atoms in total. The predicted molar refractivity (Wildman–Crippen MR) is 107 cm³/mol. The lowest BCUT2D eigenvalue weighted by molar-refractivity contribution is 0.248. The number of anilines is 2. The molecule has 1 N–H and O–H groups in total. The molecule has 0 amide bonds. The summed E-state index contributed by atoms with van der Waals surface area (Å²) in [6.07, 6.45) is 1.68. The van der Waals surface area contributed by atoms with E-state index in [-0.39, 0.29) is 0 Å². The van der Waals surface area contributed by atoms with Gasteiger partial charge in [-0.05, 0) is 24.6 Å². The van der Waals surface area contributed by atoms with E-state index in [9.17, 15) is 0 Å². The molecule has 0 saturated carbocycles. The smallest absolute Gasteiger partial charge is 0.227 e. The zero-order valence-electron chi connectivity index (χ0n) is 15.6. The van der Waals surface area contributed by atoms with Gasteiger partial charge in [-0.15, -0.1) is 0 Å². The SMILES string of the molecule is Cc1cc(NCc2ccco2)nc(N2CCN(Cc3ccccc3)CC2)n1. The Morgan fingerprint density at radius 2 is 1.81 bits per heavy atom. The van der Waals surface area contributed by atoms with Crippen molar-refractivity contribution in [3.05, 3.63) is 71.8 Å². The fraction of sp³-hybridized carbons (Fsp3) is 0.333. The van der Waals surface area contributed by atoms with E-state index in [0.717, 1.165) is 55.9 Å². The quantitative estimate of drug-likeness (QED) is 0.725. The van der Waals surface area contributed by atoms with E-state index in [1.165, 1.54) is 5.56 Å². The molecular formula is C21H25N5O. The van der Waals surface area contributed by atoms with Crippen LogP contribution in [-0.4, -0.2) is 41.0 Å². The Morgan fingerprint density at radius 1 is 1.00 bits per heavy atom. The van der Waals surface area contributed by atoms with Crippen LogP contribution < -0.4 is 10.2 Å². The molecule has 1 aliphatic heterocycles. The predicted octanol–water partition coefficient (Wildman–Crippen LogP) is 3.31. The minimum Gasteiger partial charge on any atom is -0.467 e. The van der Waals surface area contributed by atoms with Crippen LogP contribution in [0.25, 0.3) is 0 Å². The van der Waals surface area contributed by atoms with Crippen molar-refractivity contribution in [1.82, 2.24) is 14.9 Å². The maximum Gasteiger partial charge on any atom is 0.227 e. The van der Waals surface area contributed by atoms with Crippen molar-refractivity contribution in [3.63, 3.8) is 0 Å². The first-order valence-electron chi connectivity index (χ1n) is 9.39. The van der Waals surface area contributed by atoms with Gasteiger partial charge in [0.15, 0.2) is 0 Å². The highest BCUT2D eigenvalue weighted by Crippen LogP contribution is 2.17. The van der Waals surface area contributed by atoms with E-state index in [0.29, 0.717) is 6.54 Å². The van der Waals surface area contributed by atoms with Gasteiger partial charge in [0.05, 0.1) is 12.8 Å². The molecule has 27 heavy (non-hydrogen) atoms. The number of furan rings is 1. The van der Waals surface area contributed by atoms with Crippen molar-refractivity contribution in [2.24, 2.45) is 0 Å². The monoisotopic (exact) mass is 363 g/mol. The molecule has 0 spiro atoms. The van der Waals surface area contributed by atoms with Gasteiger partial charge in [-0.25, -0.2) is 4.98 Å². The number of rotatable bonds is 6. The molecule has 1 aliphatic rings. The standard InChI is InChI=1S/C21H25N5O/c1-17-14-20(22-15-19-8-5-13-27-19)24-21(23-17)26-11-9-25(10-12-26)16-18-6-3-2-4-7-18/h2-8,13-14H,9-12,15-16H2,1H3,(H,22,23,24). The van der Waals surface area contributed by atoms with Crippen LogP contribution >= 0.6 is 0 Å². The molecule has 0 bridgehead atoms. The second-order valence-corrected chi connectivity index (χ2v) is 6.88. The molecule has 3 heterocycles. The zero-order chi connectivity index (χ0) is 18.5. The first-order valence-corrected chi connectivity index (χ1v) is 9.39. The molecule has 6 heteroatoms. The van der Waals surface area contributed by atoms with Crippen LogP contribution in [0.3, 0.4) is 0 Å². The summed E-state index contributed by atoms with van der Waals surface area (Å²) in [7, 11) is 0. The number of aromatic nitrogens is 2. The fourth-order valence-electron chi connectivity index (χ4n) is 3.32. The summed E-state index contributed by atoms with van der Waals surface area (Å²) in [5.74, 6) is 2.53. The molecule has 4 rings (SSSR count). The van der Waals surface area contributed by atoms with Gasteiger partial charge in [-0.3, -0.25) is 4.90 Å². The van der Waals surface area contributed by atoms with Crippen LogP contribution in [-0.2, 0) is 13.1 Å². The van der Waals surface area contributed by atoms with Crippen LogP contribution in [0.5, 0.6) is 0 Å². The summed E-state index contributed by atoms with van der Waals surface area (Å²) in [6, 6.07) is 16.5. The van der Waals surface area contributed by atoms with Crippen LogP contribution in [0.4, 0.5) is 11.8 Å². The van der Waals surface area contributed by atoms with Crippen molar-refractivity contribution in [2.75, 3.05) is 36.4 Å². The normalized spacial score (nSPS) is 15.1. The Morgan fingerprint density at radius 3 is 2.56 bits per heavy atom. The number of nitrogens with one attached hydrogen (secondary N) is 1. The van der Waals surface area contributed by atoms with Gasteiger partial charge in [0, 0.05) is 44.5 Å². The molecular weight excluding hydrogens is 338 g/mol. The van der Waals surface area contributed by atoms with Gasteiger partial charge in [-0.2, -0.15) is 4.98 Å². The molecule has 3 aromatic rings. The molecule has 2 aromatic heterocycles. The van der Waals surface area contributed by atoms with Gasteiger partial charge in [0.2, 0.25) is 5.95 Å². The Labute approximate surface area is 159 Å². The van der Waals surface area contributed by atoms with E-state index < -0.39 is 0 Å². The van der Waals surface area contributed by atoms with Crippen molar-refractivity contribution in [1.29, 1.82) is 0 Å². The minimum absolute atomic E-state index is 0.619. The summed E-state index contributed by atoms with van der Waals surface area (Å²) in [4.78, 5) is 14.1. The number of hydrogen-bond acceptors (Lipinski definition) is 6. The summed E-state index contributed by atoms with van der Waals surface area (Å²) >= 11 is 0. The van der Waals surface area contributed by atoms with Gasteiger partial charge in [0.25, 0.3) is 0 Å². The molecule has 0 atom stereocenters. The molecule has 1 fully saturated rings. The van der Waals surface area contributed by atoms with Crippen LogP contribution in [0.15, 0.2) is 59.2 Å². The maximum absolute atomic E-state index is 5.37. The average molecular weight is 363 g/mol. The van der Waals surface area contributed by atoms with Crippen LogP contribution in [0.2, 0.25) is 0 Å². The van der Waals surface area contributed by atoms with Crippen molar-refractivity contribution in [3.8, 4) is 0 Å². The zero-order valence-corrected chi connectivity index (χ0v) is 15.6. The Balaban J connectivity index is 1.36. The molecule has 0 radical (unpaired) electrons. The first kappa shape index (κ1) is 17.5. The van der Waals surface area contributed by atoms with Crippen molar-refractivity contribution >= 4 is 11.8 Å². The van der Waals surface area contributed by atoms with Crippen LogP contribution in [0, 0.1) is 6.92 Å². The summed E-state index contributed by atoms with van der Waals surface area (Å²) < 4.78 is 5.37. The lowest BCUT2D eigenvalue weighted by Crippen LogP contribution is -2.46. The minimum atomic E-state index is 0.619. The lowest BCUT2D eigenvalue weighted by atomic mass is 10.2. The molecule has 140 valence electrons. The van der Waals surface area contributed by atoms with E-state index in [2.05, 4.69) is 50.4 Å². The summed E-state index contributed by atoms with van der Waals surface area (Å²) in [5, 5.41) is 3.33. The van der Waals surface area contributed by atoms with Crippen molar-refractivity contribution < 1.29 is 4.42 Å². The third kappa shape index (κ3) is 4.65. The highest BCUT2D eigenvalue weighted by molar-refractivity contribution is 5.44. The highest BCUT2D eigenvalue weighted by atomic mass is 16.3.